The van der Waals surface area contributed by atoms with E-state index in [9.17, 15) is 0 Å². The Balaban J connectivity index is 1.91. The SMILES string of the molecule is N#Cc1cncc(C2=CCC3CCNCC23)c1. The second kappa shape index (κ2) is 4.31. The lowest BCUT2D eigenvalue weighted by atomic mass is 9.84. The van der Waals surface area contributed by atoms with Crippen molar-refractivity contribution >= 4 is 5.57 Å². The van der Waals surface area contributed by atoms with E-state index in [0.29, 0.717) is 11.5 Å². The van der Waals surface area contributed by atoms with Gasteiger partial charge in [0.05, 0.1) is 5.56 Å². The Hall–Kier alpha value is -1.66. The van der Waals surface area contributed by atoms with Gasteiger partial charge in [-0.05, 0) is 48.4 Å². The zero-order chi connectivity index (χ0) is 11.7. The number of pyridine rings is 1. The van der Waals surface area contributed by atoms with E-state index in [0.717, 1.165) is 24.6 Å². The number of piperidine rings is 1. The topological polar surface area (TPSA) is 48.7 Å². The fraction of sp³-hybridized carbons (Fsp3) is 0.429. The van der Waals surface area contributed by atoms with Gasteiger partial charge in [-0.3, -0.25) is 4.98 Å². The van der Waals surface area contributed by atoms with Gasteiger partial charge in [0, 0.05) is 18.9 Å². The molecule has 3 nitrogen and oxygen atoms in total. The first-order valence-corrected chi connectivity index (χ1v) is 6.15. The van der Waals surface area contributed by atoms with E-state index in [1.807, 2.05) is 12.3 Å². The predicted octanol–water partition coefficient (Wildman–Crippen LogP) is 1.97. The number of nitrogens with one attached hydrogen (secondary N) is 1. The van der Waals surface area contributed by atoms with Crippen LogP contribution in [0.25, 0.3) is 5.57 Å². The molecule has 86 valence electrons. The third-order valence-electron chi connectivity index (χ3n) is 3.87. The zero-order valence-corrected chi connectivity index (χ0v) is 9.69. The Bertz CT molecular complexity index is 498. The molecule has 17 heavy (non-hydrogen) atoms. The minimum absolute atomic E-state index is 0.611. The number of fused-ring (bicyclic) bond motifs is 1. The third-order valence-corrected chi connectivity index (χ3v) is 3.87. The molecule has 0 spiro atoms. The van der Waals surface area contributed by atoms with Gasteiger partial charge in [-0.1, -0.05) is 6.08 Å². The molecular formula is C14H15N3. The summed E-state index contributed by atoms with van der Waals surface area (Å²) in [6.45, 7) is 2.20. The summed E-state index contributed by atoms with van der Waals surface area (Å²) in [6.07, 6.45) is 8.27. The number of aromatic nitrogens is 1. The van der Waals surface area contributed by atoms with Crippen LogP contribution in [0.5, 0.6) is 0 Å². The fourth-order valence-corrected chi connectivity index (χ4v) is 2.98. The fourth-order valence-electron chi connectivity index (χ4n) is 2.98. The van der Waals surface area contributed by atoms with Crippen molar-refractivity contribution in [2.24, 2.45) is 11.8 Å². The molecule has 0 radical (unpaired) electrons. The summed E-state index contributed by atoms with van der Waals surface area (Å²) in [6, 6.07) is 4.11. The summed E-state index contributed by atoms with van der Waals surface area (Å²) >= 11 is 0. The molecule has 1 aliphatic carbocycles. The summed E-state index contributed by atoms with van der Waals surface area (Å²) in [5.74, 6) is 1.40. The minimum atomic E-state index is 0.611. The normalized spacial score (nSPS) is 27.1. The van der Waals surface area contributed by atoms with E-state index < -0.39 is 0 Å². The first kappa shape index (κ1) is 10.5. The highest BCUT2D eigenvalue weighted by atomic mass is 14.9. The Kier molecular flexibility index (Phi) is 2.66. The quantitative estimate of drug-likeness (QED) is 0.795. The van der Waals surface area contributed by atoms with Crippen molar-refractivity contribution in [3.05, 3.63) is 35.7 Å². The van der Waals surface area contributed by atoms with Crippen LogP contribution in [0.15, 0.2) is 24.5 Å². The Morgan fingerprint density at radius 2 is 2.35 bits per heavy atom. The third kappa shape index (κ3) is 1.85. The summed E-state index contributed by atoms with van der Waals surface area (Å²) in [5, 5.41) is 12.4. The van der Waals surface area contributed by atoms with Gasteiger partial charge in [-0.15, -0.1) is 0 Å². The van der Waals surface area contributed by atoms with E-state index in [-0.39, 0.29) is 0 Å². The number of hydrogen-bond donors (Lipinski definition) is 1. The lowest BCUT2D eigenvalue weighted by Gasteiger charge is -2.28. The lowest BCUT2D eigenvalue weighted by molar-refractivity contribution is 0.328. The monoisotopic (exact) mass is 225 g/mol. The highest BCUT2D eigenvalue weighted by molar-refractivity contribution is 5.70. The molecule has 1 saturated heterocycles. The number of allylic oxidation sites excluding steroid dienone is 1. The second-order valence-electron chi connectivity index (χ2n) is 4.83. The molecule has 2 atom stereocenters. The molecule has 1 aliphatic heterocycles. The largest absolute Gasteiger partial charge is 0.316 e. The van der Waals surface area contributed by atoms with Crippen LogP contribution >= 0.6 is 0 Å². The number of nitrogens with zero attached hydrogens (tertiary/aromatic N) is 2. The van der Waals surface area contributed by atoms with E-state index in [4.69, 9.17) is 5.26 Å². The smallest absolute Gasteiger partial charge is 0.101 e. The molecule has 1 N–H and O–H groups in total. The van der Waals surface area contributed by atoms with E-state index in [2.05, 4.69) is 22.4 Å². The van der Waals surface area contributed by atoms with Gasteiger partial charge in [-0.2, -0.15) is 5.26 Å². The molecule has 1 fully saturated rings. The highest BCUT2D eigenvalue weighted by Gasteiger charge is 2.32. The first-order chi connectivity index (χ1) is 8.38. The summed E-state index contributed by atoms with van der Waals surface area (Å²) in [7, 11) is 0. The highest BCUT2D eigenvalue weighted by Crippen LogP contribution is 2.40. The van der Waals surface area contributed by atoms with Crippen LogP contribution in [-0.4, -0.2) is 18.1 Å². The lowest BCUT2D eigenvalue weighted by Crippen LogP contribution is -2.34. The van der Waals surface area contributed by atoms with Crippen molar-refractivity contribution in [3.63, 3.8) is 0 Å². The van der Waals surface area contributed by atoms with Crippen LogP contribution < -0.4 is 5.32 Å². The van der Waals surface area contributed by atoms with Crippen molar-refractivity contribution < 1.29 is 0 Å². The molecule has 2 unspecified atom stereocenters. The standard InChI is InChI=1S/C14H15N3/c15-6-10-5-12(8-17-7-10)13-2-1-11-3-4-16-9-14(11)13/h2,5,7-8,11,14,16H,1,3-4,9H2. The number of rotatable bonds is 1. The van der Waals surface area contributed by atoms with E-state index >= 15 is 0 Å². The average Bonchev–Trinajstić information content (AvgIpc) is 2.82. The molecule has 0 bridgehead atoms. The van der Waals surface area contributed by atoms with Gasteiger partial charge >= 0.3 is 0 Å². The number of nitriles is 1. The van der Waals surface area contributed by atoms with Crippen molar-refractivity contribution in [3.8, 4) is 6.07 Å². The van der Waals surface area contributed by atoms with Crippen LogP contribution in [0.1, 0.15) is 24.0 Å². The minimum Gasteiger partial charge on any atom is -0.316 e. The molecule has 2 aliphatic rings. The van der Waals surface area contributed by atoms with Crippen LogP contribution in [0.4, 0.5) is 0 Å². The maximum atomic E-state index is 8.92. The molecule has 2 heterocycles. The summed E-state index contributed by atoms with van der Waals surface area (Å²) < 4.78 is 0. The number of hydrogen-bond acceptors (Lipinski definition) is 3. The van der Waals surface area contributed by atoms with Gasteiger partial charge in [0.25, 0.3) is 0 Å². The molecular weight excluding hydrogens is 210 g/mol. The molecule has 1 aromatic rings. The molecule has 3 rings (SSSR count). The van der Waals surface area contributed by atoms with Crippen molar-refractivity contribution in [2.45, 2.75) is 12.8 Å². The first-order valence-electron chi connectivity index (χ1n) is 6.15. The molecule has 1 aromatic heterocycles. The van der Waals surface area contributed by atoms with Crippen molar-refractivity contribution in [1.29, 1.82) is 5.26 Å². The van der Waals surface area contributed by atoms with Gasteiger partial charge < -0.3 is 5.32 Å². The zero-order valence-electron chi connectivity index (χ0n) is 9.69. The van der Waals surface area contributed by atoms with Crippen LogP contribution in [0.2, 0.25) is 0 Å². The maximum Gasteiger partial charge on any atom is 0.101 e. The molecule has 0 saturated carbocycles. The average molecular weight is 225 g/mol. The van der Waals surface area contributed by atoms with Crippen molar-refractivity contribution in [1.82, 2.24) is 10.3 Å². The van der Waals surface area contributed by atoms with Crippen LogP contribution in [0.3, 0.4) is 0 Å². The van der Waals surface area contributed by atoms with E-state index in [1.165, 1.54) is 18.4 Å². The summed E-state index contributed by atoms with van der Waals surface area (Å²) in [4.78, 5) is 4.15. The molecule has 3 heteroatoms. The Morgan fingerprint density at radius 3 is 3.24 bits per heavy atom. The Labute approximate surface area is 101 Å². The summed E-state index contributed by atoms with van der Waals surface area (Å²) in [5.41, 5.74) is 3.16. The van der Waals surface area contributed by atoms with Crippen molar-refractivity contribution in [2.75, 3.05) is 13.1 Å². The van der Waals surface area contributed by atoms with Gasteiger partial charge in [0.1, 0.15) is 6.07 Å². The van der Waals surface area contributed by atoms with Crippen LogP contribution in [0, 0.1) is 23.2 Å². The van der Waals surface area contributed by atoms with Gasteiger partial charge in [0.2, 0.25) is 0 Å². The Morgan fingerprint density at radius 1 is 1.41 bits per heavy atom. The van der Waals surface area contributed by atoms with Crippen LogP contribution in [-0.2, 0) is 0 Å². The van der Waals surface area contributed by atoms with Gasteiger partial charge in [0.15, 0.2) is 0 Å². The maximum absolute atomic E-state index is 8.92. The molecule has 0 aromatic carbocycles. The van der Waals surface area contributed by atoms with E-state index in [1.54, 1.807) is 6.20 Å². The second-order valence-corrected chi connectivity index (χ2v) is 4.83. The predicted molar refractivity (Wildman–Crippen MR) is 66.0 cm³/mol. The molecule has 0 amide bonds. The van der Waals surface area contributed by atoms with Gasteiger partial charge in [-0.25, -0.2) is 0 Å².